The molecule has 116 valence electrons. The summed E-state index contributed by atoms with van der Waals surface area (Å²) in [6.07, 6.45) is 2.69. The summed E-state index contributed by atoms with van der Waals surface area (Å²) in [6.45, 7) is 5.89. The first-order valence-corrected chi connectivity index (χ1v) is 9.69. The molecule has 0 unspecified atom stereocenters. The molecule has 0 aromatic heterocycles. The van der Waals surface area contributed by atoms with Crippen LogP contribution in [0.3, 0.4) is 0 Å². The highest BCUT2D eigenvalue weighted by molar-refractivity contribution is 9.10. The Kier molecular flexibility index (Phi) is 4.41. The molecule has 3 rings (SSSR count). The molecule has 1 saturated heterocycles. The largest absolute Gasteiger partial charge is 0.300 e. The number of halogens is 1. The fraction of sp³-hybridized carbons (Fsp3) is 0.600. The van der Waals surface area contributed by atoms with Gasteiger partial charge in [-0.3, -0.25) is 0 Å². The number of hydrogen-bond acceptors (Lipinski definition) is 3. The van der Waals surface area contributed by atoms with E-state index in [-0.39, 0.29) is 0 Å². The number of piperazine rings is 1. The van der Waals surface area contributed by atoms with Crippen LogP contribution in [0.15, 0.2) is 27.6 Å². The maximum absolute atomic E-state index is 12.8. The van der Waals surface area contributed by atoms with Crippen molar-refractivity contribution in [2.45, 2.75) is 24.7 Å². The highest BCUT2D eigenvalue weighted by atomic mass is 79.9. The third-order valence-electron chi connectivity index (χ3n) is 4.31. The topological polar surface area (TPSA) is 40.6 Å². The van der Waals surface area contributed by atoms with E-state index in [2.05, 4.69) is 20.8 Å². The maximum atomic E-state index is 12.8. The minimum atomic E-state index is -3.37. The third-order valence-corrected chi connectivity index (χ3v) is 6.85. The summed E-state index contributed by atoms with van der Waals surface area (Å²) in [5.74, 6) is 0.862. The fourth-order valence-electron chi connectivity index (χ4n) is 2.81. The second-order valence-corrected chi connectivity index (χ2v) is 8.88. The van der Waals surface area contributed by atoms with Crippen LogP contribution in [0.4, 0.5) is 0 Å². The number of aryl methyl sites for hydroxylation is 1. The molecule has 2 aliphatic rings. The van der Waals surface area contributed by atoms with Crippen LogP contribution in [-0.4, -0.2) is 50.3 Å². The first-order valence-electron chi connectivity index (χ1n) is 7.45. The van der Waals surface area contributed by atoms with Gasteiger partial charge >= 0.3 is 0 Å². The smallest absolute Gasteiger partial charge is 0.243 e. The van der Waals surface area contributed by atoms with Crippen LogP contribution in [-0.2, 0) is 10.0 Å². The minimum absolute atomic E-state index is 0.424. The van der Waals surface area contributed by atoms with E-state index in [1.54, 1.807) is 10.4 Å². The van der Waals surface area contributed by atoms with Crippen molar-refractivity contribution in [1.29, 1.82) is 0 Å². The minimum Gasteiger partial charge on any atom is -0.300 e. The van der Waals surface area contributed by atoms with Crippen LogP contribution in [0.5, 0.6) is 0 Å². The number of sulfonamides is 1. The van der Waals surface area contributed by atoms with Gasteiger partial charge < -0.3 is 4.90 Å². The van der Waals surface area contributed by atoms with E-state index in [4.69, 9.17) is 0 Å². The summed E-state index contributed by atoms with van der Waals surface area (Å²) in [6, 6.07) is 5.43. The molecule has 0 bridgehead atoms. The van der Waals surface area contributed by atoms with Crippen LogP contribution in [0.25, 0.3) is 0 Å². The molecule has 6 heteroatoms. The quantitative estimate of drug-likeness (QED) is 0.814. The van der Waals surface area contributed by atoms with Crippen molar-refractivity contribution in [3.05, 3.63) is 28.2 Å². The molecular formula is C15H21BrN2O2S. The third kappa shape index (κ3) is 3.50. The molecule has 0 amide bonds. The van der Waals surface area contributed by atoms with Crippen LogP contribution < -0.4 is 0 Å². The highest BCUT2D eigenvalue weighted by Gasteiger charge is 2.31. The summed E-state index contributed by atoms with van der Waals surface area (Å²) in [5.41, 5.74) is 0.804. The van der Waals surface area contributed by atoms with E-state index < -0.39 is 10.0 Å². The van der Waals surface area contributed by atoms with Crippen molar-refractivity contribution < 1.29 is 8.42 Å². The Labute approximate surface area is 135 Å². The van der Waals surface area contributed by atoms with E-state index in [1.165, 1.54) is 12.8 Å². The predicted molar refractivity (Wildman–Crippen MR) is 86.8 cm³/mol. The van der Waals surface area contributed by atoms with Crippen LogP contribution in [0.1, 0.15) is 18.4 Å². The predicted octanol–water partition coefficient (Wildman–Crippen LogP) is 2.47. The lowest BCUT2D eigenvalue weighted by Gasteiger charge is -2.34. The van der Waals surface area contributed by atoms with Gasteiger partial charge in [0.2, 0.25) is 10.0 Å². The lowest BCUT2D eigenvalue weighted by atomic mass is 10.2. The molecule has 1 saturated carbocycles. The van der Waals surface area contributed by atoms with Crippen molar-refractivity contribution in [2.24, 2.45) is 5.92 Å². The van der Waals surface area contributed by atoms with Crippen LogP contribution in [0, 0.1) is 12.8 Å². The molecule has 0 spiro atoms. The van der Waals surface area contributed by atoms with Gasteiger partial charge in [-0.1, -0.05) is 22.0 Å². The van der Waals surface area contributed by atoms with Crippen LogP contribution in [0.2, 0.25) is 0 Å². The van der Waals surface area contributed by atoms with Crippen molar-refractivity contribution >= 4 is 26.0 Å². The van der Waals surface area contributed by atoms with E-state index in [9.17, 15) is 8.42 Å². The molecular weight excluding hydrogens is 352 g/mol. The molecule has 0 atom stereocenters. The lowest BCUT2D eigenvalue weighted by molar-refractivity contribution is 0.182. The lowest BCUT2D eigenvalue weighted by Crippen LogP contribution is -2.49. The SMILES string of the molecule is Cc1ccc(Br)cc1S(=O)(=O)N1CCN(CC2CC2)CC1. The van der Waals surface area contributed by atoms with Crippen molar-refractivity contribution in [3.8, 4) is 0 Å². The first-order chi connectivity index (χ1) is 9.96. The number of rotatable bonds is 4. The standard InChI is InChI=1S/C15H21BrN2O2S/c1-12-2-5-14(16)10-15(12)21(19,20)18-8-6-17(7-9-18)11-13-3-4-13/h2,5,10,13H,3-4,6-9,11H2,1H3. The van der Waals surface area contributed by atoms with Gasteiger partial charge in [-0.25, -0.2) is 8.42 Å². The molecule has 2 fully saturated rings. The van der Waals surface area contributed by atoms with Crippen molar-refractivity contribution in [2.75, 3.05) is 32.7 Å². The second kappa shape index (κ2) is 5.99. The van der Waals surface area contributed by atoms with Gasteiger partial charge in [0.1, 0.15) is 0 Å². The summed E-state index contributed by atoms with van der Waals surface area (Å²) in [5, 5.41) is 0. The molecule has 0 radical (unpaired) electrons. The zero-order valence-electron chi connectivity index (χ0n) is 12.3. The molecule has 1 heterocycles. The van der Waals surface area contributed by atoms with Gasteiger partial charge in [0, 0.05) is 37.2 Å². The fourth-order valence-corrected chi connectivity index (χ4v) is 4.99. The normalized spacial score (nSPS) is 21.6. The Morgan fingerprint density at radius 1 is 1.19 bits per heavy atom. The van der Waals surface area contributed by atoms with Crippen molar-refractivity contribution in [1.82, 2.24) is 9.21 Å². The number of benzene rings is 1. The van der Waals surface area contributed by atoms with Gasteiger partial charge in [0.05, 0.1) is 4.90 Å². The summed E-state index contributed by atoms with van der Waals surface area (Å²) < 4.78 is 28.0. The molecule has 4 nitrogen and oxygen atoms in total. The molecule has 1 aromatic carbocycles. The monoisotopic (exact) mass is 372 g/mol. The van der Waals surface area contributed by atoms with Gasteiger partial charge in [-0.2, -0.15) is 4.31 Å². The Bertz CT molecular complexity index is 621. The second-order valence-electron chi connectivity index (χ2n) is 6.06. The molecule has 1 aliphatic carbocycles. The Hall–Kier alpha value is -0.430. The number of hydrogen-bond donors (Lipinski definition) is 0. The Morgan fingerprint density at radius 3 is 2.48 bits per heavy atom. The van der Waals surface area contributed by atoms with E-state index in [0.29, 0.717) is 18.0 Å². The van der Waals surface area contributed by atoms with Crippen molar-refractivity contribution in [3.63, 3.8) is 0 Å². The summed E-state index contributed by atoms with van der Waals surface area (Å²) in [7, 11) is -3.37. The molecule has 1 aliphatic heterocycles. The van der Waals surface area contributed by atoms with Crippen LogP contribution >= 0.6 is 15.9 Å². The zero-order valence-corrected chi connectivity index (χ0v) is 14.7. The summed E-state index contributed by atoms with van der Waals surface area (Å²) >= 11 is 3.37. The first kappa shape index (κ1) is 15.5. The van der Waals surface area contributed by atoms with E-state index >= 15 is 0 Å². The van der Waals surface area contributed by atoms with Gasteiger partial charge in [0.15, 0.2) is 0 Å². The highest BCUT2D eigenvalue weighted by Crippen LogP contribution is 2.30. The Morgan fingerprint density at radius 2 is 1.86 bits per heavy atom. The van der Waals surface area contributed by atoms with Gasteiger partial charge in [-0.15, -0.1) is 0 Å². The average molecular weight is 373 g/mol. The number of nitrogens with zero attached hydrogens (tertiary/aromatic N) is 2. The average Bonchev–Trinajstić information content (AvgIpc) is 3.26. The van der Waals surface area contributed by atoms with E-state index in [0.717, 1.165) is 35.6 Å². The van der Waals surface area contributed by atoms with E-state index in [1.807, 2.05) is 19.1 Å². The maximum Gasteiger partial charge on any atom is 0.243 e. The molecule has 0 N–H and O–H groups in total. The molecule has 1 aromatic rings. The van der Waals surface area contributed by atoms with Gasteiger partial charge in [-0.05, 0) is 43.4 Å². The summed E-state index contributed by atoms with van der Waals surface area (Å²) in [4.78, 5) is 2.82. The van der Waals surface area contributed by atoms with Gasteiger partial charge in [0.25, 0.3) is 0 Å². The Balaban J connectivity index is 1.72. The molecule has 21 heavy (non-hydrogen) atoms. The zero-order chi connectivity index (χ0) is 15.0.